The van der Waals surface area contributed by atoms with Crippen molar-refractivity contribution in [1.82, 2.24) is 0 Å². The molecule has 2 heteroatoms. The molecule has 2 unspecified atom stereocenters. The highest BCUT2D eigenvalue weighted by Gasteiger charge is 2.33. The lowest BCUT2D eigenvalue weighted by atomic mass is 10.1. The van der Waals surface area contributed by atoms with Crippen molar-refractivity contribution in [3.63, 3.8) is 0 Å². The summed E-state index contributed by atoms with van der Waals surface area (Å²) >= 11 is 0. The second-order valence-corrected chi connectivity index (χ2v) is 3.29. The number of nitrogens with two attached hydrogens (primary N) is 1. The van der Waals surface area contributed by atoms with E-state index in [-0.39, 0.29) is 12.4 Å². The molecule has 1 nitrogen and oxygen atoms in total. The molecule has 0 saturated heterocycles. The van der Waals surface area contributed by atoms with Crippen molar-refractivity contribution < 1.29 is 0 Å². The molecule has 0 aliphatic heterocycles. The molecule has 0 bridgehead atoms. The maximum absolute atomic E-state index is 5.61. The second-order valence-electron chi connectivity index (χ2n) is 3.29. The fourth-order valence-electron chi connectivity index (χ4n) is 1.15. The van der Waals surface area contributed by atoms with E-state index in [1.165, 1.54) is 12.8 Å². The van der Waals surface area contributed by atoms with Crippen LogP contribution in [0.3, 0.4) is 0 Å². The fourth-order valence-corrected chi connectivity index (χ4v) is 1.15. The van der Waals surface area contributed by atoms with Gasteiger partial charge in [-0.05, 0) is 24.7 Å². The molecule has 56 valence electrons. The monoisotopic (exact) mass is 149 g/mol. The summed E-state index contributed by atoms with van der Waals surface area (Å²) in [7, 11) is 0. The number of rotatable bonds is 2. The van der Waals surface area contributed by atoms with Gasteiger partial charge in [-0.15, -0.1) is 12.4 Å². The predicted molar refractivity (Wildman–Crippen MR) is 42.8 cm³/mol. The maximum Gasteiger partial charge on any atom is 0.00710 e. The lowest BCUT2D eigenvalue weighted by Crippen LogP contribution is -2.03. The van der Waals surface area contributed by atoms with Crippen LogP contribution in [0.5, 0.6) is 0 Å². The van der Waals surface area contributed by atoms with Crippen LogP contribution in [-0.4, -0.2) is 6.04 Å². The first-order chi connectivity index (χ1) is 3.70. The third kappa shape index (κ3) is 3.07. The number of hydrogen-bond donors (Lipinski definition) is 1. The Morgan fingerprint density at radius 1 is 1.56 bits per heavy atom. The van der Waals surface area contributed by atoms with Crippen molar-refractivity contribution in [3.05, 3.63) is 0 Å². The van der Waals surface area contributed by atoms with Gasteiger partial charge in [-0.1, -0.05) is 13.8 Å². The van der Waals surface area contributed by atoms with E-state index in [0.29, 0.717) is 6.04 Å². The average Bonchev–Trinajstić information content (AvgIpc) is 2.17. The van der Waals surface area contributed by atoms with Gasteiger partial charge in [0.05, 0.1) is 0 Å². The van der Waals surface area contributed by atoms with Crippen LogP contribution in [0.4, 0.5) is 0 Å². The highest BCUT2D eigenvalue weighted by Crippen LogP contribution is 2.33. The first kappa shape index (κ1) is 9.25. The molecule has 9 heavy (non-hydrogen) atoms. The molecule has 0 amide bonds. The predicted octanol–water partition coefficient (Wildman–Crippen LogP) is 1.80. The Balaban J connectivity index is 0.000000640. The van der Waals surface area contributed by atoms with E-state index in [1.807, 2.05) is 0 Å². The first-order valence-electron chi connectivity index (χ1n) is 3.45. The Kier molecular flexibility index (Phi) is 3.52. The zero-order valence-electron chi connectivity index (χ0n) is 6.13. The molecule has 0 aromatic rings. The van der Waals surface area contributed by atoms with Crippen molar-refractivity contribution in [2.75, 3.05) is 0 Å². The van der Waals surface area contributed by atoms with Gasteiger partial charge in [0, 0.05) is 6.04 Å². The van der Waals surface area contributed by atoms with E-state index >= 15 is 0 Å². The minimum atomic E-state index is 0. The van der Waals surface area contributed by atoms with Crippen LogP contribution in [0.15, 0.2) is 0 Å². The third-order valence-electron chi connectivity index (χ3n) is 1.75. The van der Waals surface area contributed by atoms with Gasteiger partial charge in [0.2, 0.25) is 0 Å². The SMILES string of the molecule is CC(C)CC1CC1N.Cl. The van der Waals surface area contributed by atoms with Crippen LogP contribution in [-0.2, 0) is 0 Å². The van der Waals surface area contributed by atoms with Crippen LogP contribution in [0.25, 0.3) is 0 Å². The van der Waals surface area contributed by atoms with Gasteiger partial charge in [-0.2, -0.15) is 0 Å². The molecular weight excluding hydrogens is 134 g/mol. The summed E-state index contributed by atoms with van der Waals surface area (Å²) < 4.78 is 0. The Hall–Kier alpha value is 0.250. The van der Waals surface area contributed by atoms with E-state index < -0.39 is 0 Å². The van der Waals surface area contributed by atoms with Crippen molar-refractivity contribution in [2.24, 2.45) is 17.6 Å². The standard InChI is InChI=1S/C7H15N.ClH/c1-5(2)3-6-4-7(6)8;/h5-7H,3-4,8H2,1-2H3;1H. The van der Waals surface area contributed by atoms with E-state index in [4.69, 9.17) is 5.73 Å². The van der Waals surface area contributed by atoms with Gasteiger partial charge >= 0.3 is 0 Å². The van der Waals surface area contributed by atoms with Crippen LogP contribution < -0.4 is 5.73 Å². The van der Waals surface area contributed by atoms with Crippen LogP contribution in [0.2, 0.25) is 0 Å². The molecule has 2 atom stereocenters. The summed E-state index contributed by atoms with van der Waals surface area (Å²) in [5, 5.41) is 0. The van der Waals surface area contributed by atoms with Crippen LogP contribution in [0.1, 0.15) is 26.7 Å². The van der Waals surface area contributed by atoms with E-state index in [1.54, 1.807) is 0 Å². The molecule has 1 fully saturated rings. The molecule has 2 N–H and O–H groups in total. The maximum atomic E-state index is 5.61. The Morgan fingerprint density at radius 3 is 2.11 bits per heavy atom. The number of hydrogen-bond acceptors (Lipinski definition) is 1. The lowest BCUT2D eigenvalue weighted by Gasteiger charge is -1.99. The number of halogens is 1. The first-order valence-corrected chi connectivity index (χ1v) is 3.45. The van der Waals surface area contributed by atoms with Gasteiger partial charge in [0.15, 0.2) is 0 Å². The Bertz CT molecular complexity index is 83.0. The molecule has 1 aliphatic carbocycles. The van der Waals surface area contributed by atoms with E-state index in [0.717, 1.165) is 11.8 Å². The molecule has 0 radical (unpaired) electrons. The summed E-state index contributed by atoms with van der Waals surface area (Å²) in [6, 6.07) is 0.553. The zero-order chi connectivity index (χ0) is 6.15. The highest BCUT2D eigenvalue weighted by molar-refractivity contribution is 5.85. The topological polar surface area (TPSA) is 26.0 Å². The smallest absolute Gasteiger partial charge is 0.00710 e. The Morgan fingerprint density at radius 2 is 2.00 bits per heavy atom. The van der Waals surface area contributed by atoms with E-state index in [2.05, 4.69) is 13.8 Å². The third-order valence-corrected chi connectivity index (χ3v) is 1.75. The molecule has 0 heterocycles. The summed E-state index contributed by atoms with van der Waals surface area (Å²) in [5.41, 5.74) is 5.61. The van der Waals surface area contributed by atoms with Crippen LogP contribution >= 0.6 is 12.4 Å². The van der Waals surface area contributed by atoms with Crippen LogP contribution in [0, 0.1) is 11.8 Å². The van der Waals surface area contributed by atoms with Gasteiger partial charge < -0.3 is 5.73 Å². The van der Waals surface area contributed by atoms with Crippen molar-refractivity contribution in [2.45, 2.75) is 32.7 Å². The lowest BCUT2D eigenvalue weighted by molar-refractivity contribution is 0.531. The van der Waals surface area contributed by atoms with Gasteiger partial charge in [0.1, 0.15) is 0 Å². The fraction of sp³-hybridized carbons (Fsp3) is 1.00. The Labute approximate surface area is 63.4 Å². The van der Waals surface area contributed by atoms with Crippen molar-refractivity contribution >= 4 is 12.4 Å². The largest absolute Gasteiger partial charge is 0.327 e. The molecule has 0 aromatic heterocycles. The molecule has 1 rings (SSSR count). The molecule has 0 spiro atoms. The second kappa shape index (κ2) is 3.43. The summed E-state index contributed by atoms with van der Waals surface area (Å²) in [6.07, 6.45) is 2.61. The molecular formula is C7H16ClN. The summed E-state index contributed by atoms with van der Waals surface area (Å²) in [4.78, 5) is 0. The zero-order valence-corrected chi connectivity index (χ0v) is 6.95. The molecule has 1 saturated carbocycles. The quantitative estimate of drug-likeness (QED) is 0.637. The minimum absolute atomic E-state index is 0. The highest BCUT2D eigenvalue weighted by atomic mass is 35.5. The average molecular weight is 150 g/mol. The van der Waals surface area contributed by atoms with Crippen molar-refractivity contribution in [3.8, 4) is 0 Å². The van der Waals surface area contributed by atoms with Gasteiger partial charge in [0.25, 0.3) is 0 Å². The normalized spacial score (nSPS) is 32.0. The van der Waals surface area contributed by atoms with E-state index in [9.17, 15) is 0 Å². The van der Waals surface area contributed by atoms with Gasteiger partial charge in [-0.25, -0.2) is 0 Å². The summed E-state index contributed by atoms with van der Waals surface area (Å²) in [6.45, 7) is 4.51. The van der Waals surface area contributed by atoms with Crippen molar-refractivity contribution in [1.29, 1.82) is 0 Å². The molecule has 1 aliphatic rings. The summed E-state index contributed by atoms with van der Waals surface area (Å²) in [5.74, 6) is 1.71. The molecule has 0 aromatic carbocycles. The van der Waals surface area contributed by atoms with Gasteiger partial charge in [-0.3, -0.25) is 0 Å². The minimum Gasteiger partial charge on any atom is -0.327 e.